The standard InChI is InChI=1S/C21H36N4O3S/c1-5-7-8-9-10-28-17-12-23(11-16(3)4)13-18-19(17)22-20(29-18)25-15-27-14-24(6-2)21(25)26/h16-17H,5-15H2,1-4H3. The van der Waals surface area contributed by atoms with Crippen molar-refractivity contribution in [1.29, 1.82) is 0 Å². The lowest BCUT2D eigenvalue weighted by molar-refractivity contribution is 0.00637. The molecule has 29 heavy (non-hydrogen) atoms. The Balaban J connectivity index is 1.74. The maximum atomic E-state index is 12.7. The van der Waals surface area contributed by atoms with E-state index in [4.69, 9.17) is 14.5 Å². The summed E-state index contributed by atoms with van der Waals surface area (Å²) in [5.41, 5.74) is 1.02. The Hall–Kier alpha value is -1.22. The average Bonchev–Trinajstić information content (AvgIpc) is 3.11. The summed E-state index contributed by atoms with van der Waals surface area (Å²) in [7, 11) is 0. The molecule has 3 heterocycles. The van der Waals surface area contributed by atoms with Crippen LogP contribution in [0.15, 0.2) is 0 Å². The van der Waals surface area contributed by atoms with Gasteiger partial charge in [-0.1, -0.05) is 51.4 Å². The van der Waals surface area contributed by atoms with Crippen molar-refractivity contribution in [3.8, 4) is 0 Å². The third-order valence-electron chi connectivity index (χ3n) is 5.33. The molecular formula is C21H36N4O3S. The fourth-order valence-corrected chi connectivity index (χ4v) is 4.98. The van der Waals surface area contributed by atoms with Crippen molar-refractivity contribution in [1.82, 2.24) is 14.8 Å². The zero-order valence-corrected chi connectivity index (χ0v) is 19.2. The van der Waals surface area contributed by atoms with E-state index in [9.17, 15) is 4.79 Å². The van der Waals surface area contributed by atoms with Gasteiger partial charge in [0.15, 0.2) is 5.13 Å². The molecule has 0 spiro atoms. The van der Waals surface area contributed by atoms with Crippen LogP contribution < -0.4 is 4.90 Å². The second-order valence-electron chi connectivity index (χ2n) is 8.34. The number of anilines is 1. The lowest BCUT2D eigenvalue weighted by Crippen LogP contribution is -2.50. The smallest absolute Gasteiger partial charge is 0.330 e. The number of rotatable bonds is 10. The van der Waals surface area contributed by atoms with Crippen molar-refractivity contribution in [2.75, 3.05) is 44.6 Å². The molecule has 164 valence electrons. The molecule has 0 bridgehead atoms. The predicted molar refractivity (Wildman–Crippen MR) is 116 cm³/mol. The molecular weight excluding hydrogens is 388 g/mol. The number of amides is 2. The Morgan fingerprint density at radius 1 is 1.24 bits per heavy atom. The van der Waals surface area contributed by atoms with Crippen LogP contribution in [-0.2, 0) is 16.0 Å². The molecule has 1 saturated heterocycles. The molecule has 1 fully saturated rings. The first-order chi connectivity index (χ1) is 14.0. The van der Waals surface area contributed by atoms with E-state index in [-0.39, 0.29) is 18.9 Å². The van der Waals surface area contributed by atoms with Crippen LogP contribution in [0.2, 0.25) is 0 Å². The van der Waals surface area contributed by atoms with Crippen molar-refractivity contribution in [2.45, 2.75) is 66.0 Å². The zero-order valence-electron chi connectivity index (χ0n) is 18.4. The normalized spacial score (nSPS) is 20.6. The van der Waals surface area contributed by atoms with E-state index in [1.807, 2.05) is 6.92 Å². The second-order valence-corrected chi connectivity index (χ2v) is 9.40. The van der Waals surface area contributed by atoms with Crippen molar-refractivity contribution in [3.05, 3.63) is 10.6 Å². The number of aromatic nitrogens is 1. The number of hydrogen-bond acceptors (Lipinski definition) is 6. The molecule has 0 aliphatic carbocycles. The minimum atomic E-state index is -0.0269. The highest BCUT2D eigenvalue weighted by Gasteiger charge is 2.34. The molecule has 0 saturated carbocycles. The van der Waals surface area contributed by atoms with Crippen molar-refractivity contribution < 1.29 is 14.3 Å². The first kappa shape index (κ1) is 22.5. The van der Waals surface area contributed by atoms with E-state index < -0.39 is 0 Å². The third kappa shape index (κ3) is 5.69. The van der Waals surface area contributed by atoms with Gasteiger partial charge < -0.3 is 14.4 Å². The predicted octanol–water partition coefficient (Wildman–Crippen LogP) is 4.45. The molecule has 2 aliphatic rings. The largest absolute Gasteiger partial charge is 0.371 e. The summed E-state index contributed by atoms with van der Waals surface area (Å²) >= 11 is 1.61. The van der Waals surface area contributed by atoms with Gasteiger partial charge in [0.1, 0.15) is 19.6 Å². The number of hydrogen-bond donors (Lipinski definition) is 0. The van der Waals surface area contributed by atoms with E-state index in [2.05, 4.69) is 25.7 Å². The number of fused-ring (bicyclic) bond motifs is 1. The zero-order chi connectivity index (χ0) is 20.8. The minimum absolute atomic E-state index is 0.0211. The number of nitrogens with zero attached hydrogens (tertiary/aromatic N) is 4. The summed E-state index contributed by atoms with van der Waals surface area (Å²) in [5.74, 6) is 0.601. The van der Waals surface area contributed by atoms with Gasteiger partial charge in [-0.2, -0.15) is 0 Å². The van der Waals surface area contributed by atoms with Crippen LogP contribution in [0, 0.1) is 5.92 Å². The second kappa shape index (κ2) is 10.7. The van der Waals surface area contributed by atoms with E-state index in [0.717, 1.165) is 43.5 Å². The first-order valence-electron chi connectivity index (χ1n) is 11.0. The van der Waals surface area contributed by atoms with Crippen LogP contribution in [0.25, 0.3) is 0 Å². The molecule has 0 N–H and O–H groups in total. The van der Waals surface area contributed by atoms with Gasteiger partial charge in [-0.15, -0.1) is 0 Å². The maximum absolute atomic E-state index is 12.7. The summed E-state index contributed by atoms with van der Waals surface area (Å²) in [4.78, 5) is 24.6. The number of carbonyl (C=O) groups excluding carboxylic acids is 1. The maximum Gasteiger partial charge on any atom is 0.330 e. The molecule has 3 rings (SSSR count). The number of ether oxygens (including phenoxy) is 2. The Labute approximate surface area is 179 Å². The van der Waals surface area contributed by atoms with Crippen molar-refractivity contribution >= 4 is 22.5 Å². The highest BCUT2D eigenvalue weighted by molar-refractivity contribution is 7.16. The molecule has 1 atom stereocenters. The SMILES string of the molecule is CCCCCCOC1CN(CC(C)C)Cc2sc(N3COCN(CC)C3=O)nc21. The van der Waals surface area contributed by atoms with E-state index in [0.29, 0.717) is 19.2 Å². The van der Waals surface area contributed by atoms with Gasteiger partial charge in [0.25, 0.3) is 0 Å². The lowest BCUT2D eigenvalue weighted by Gasteiger charge is -2.33. The van der Waals surface area contributed by atoms with Gasteiger partial charge >= 0.3 is 6.03 Å². The fraction of sp³-hybridized carbons (Fsp3) is 0.810. The topological polar surface area (TPSA) is 58.1 Å². The van der Waals surface area contributed by atoms with Crippen LogP contribution in [-0.4, -0.2) is 60.5 Å². The summed E-state index contributed by atoms with van der Waals surface area (Å²) in [6.07, 6.45) is 4.76. The first-order valence-corrected chi connectivity index (χ1v) is 11.8. The van der Waals surface area contributed by atoms with Crippen molar-refractivity contribution in [2.24, 2.45) is 5.92 Å². The van der Waals surface area contributed by atoms with Gasteiger partial charge in [0, 0.05) is 37.7 Å². The van der Waals surface area contributed by atoms with Crippen molar-refractivity contribution in [3.63, 3.8) is 0 Å². The highest BCUT2D eigenvalue weighted by Crippen LogP contribution is 2.37. The van der Waals surface area contributed by atoms with E-state index in [1.165, 1.54) is 24.1 Å². The van der Waals surface area contributed by atoms with Crippen LogP contribution in [0.3, 0.4) is 0 Å². The summed E-state index contributed by atoms with van der Waals surface area (Å²) in [6, 6.07) is -0.0269. The van der Waals surface area contributed by atoms with Gasteiger partial charge in [-0.05, 0) is 19.3 Å². The van der Waals surface area contributed by atoms with Gasteiger partial charge in [0.05, 0.1) is 5.69 Å². The Morgan fingerprint density at radius 2 is 2.07 bits per heavy atom. The molecule has 1 aromatic rings. The molecule has 8 heteroatoms. The van der Waals surface area contributed by atoms with E-state index >= 15 is 0 Å². The quantitative estimate of drug-likeness (QED) is 0.520. The summed E-state index contributed by atoms with van der Waals surface area (Å²) < 4.78 is 11.9. The lowest BCUT2D eigenvalue weighted by atomic mass is 10.1. The Morgan fingerprint density at radius 3 is 2.79 bits per heavy atom. The molecule has 0 radical (unpaired) electrons. The van der Waals surface area contributed by atoms with Crippen LogP contribution in [0.4, 0.5) is 9.93 Å². The highest BCUT2D eigenvalue weighted by atomic mass is 32.1. The van der Waals surface area contributed by atoms with Crippen LogP contribution in [0.5, 0.6) is 0 Å². The monoisotopic (exact) mass is 424 g/mol. The summed E-state index contributed by atoms with van der Waals surface area (Å²) in [6.45, 7) is 13.5. The number of urea groups is 1. The Kier molecular flexibility index (Phi) is 8.29. The van der Waals surface area contributed by atoms with Gasteiger partial charge in [0.2, 0.25) is 0 Å². The van der Waals surface area contributed by atoms with E-state index in [1.54, 1.807) is 21.1 Å². The molecule has 7 nitrogen and oxygen atoms in total. The number of thiazole rings is 1. The minimum Gasteiger partial charge on any atom is -0.371 e. The molecule has 1 unspecified atom stereocenters. The number of carbonyl (C=O) groups is 1. The van der Waals surface area contributed by atoms with Crippen LogP contribution >= 0.6 is 11.3 Å². The fourth-order valence-electron chi connectivity index (χ4n) is 3.85. The number of unbranched alkanes of at least 4 members (excludes halogenated alkanes) is 3. The molecule has 2 amide bonds. The molecule has 0 aromatic carbocycles. The average molecular weight is 425 g/mol. The van der Waals surface area contributed by atoms with Crippen LogP contribution in [0.1, 0.15) is 70.1 Å². The third-order valence-corrected chi connectivity index (χ3v) is 6.41. The summed E-state index contributed by atoms with van der Waals surface area (Å²) in [5, 5.41) is 0.726. The van der Waals surface area contributed by atoms with Gasteiger partial charge in [-0.25, -0.2) is 14.7 Å². The molecule has 2 aliphatic heterocycles. The molecule has 1 aromatic heterocycles. The Bertz CT molecular complexity index is 666. The van der Waals surface area contributed by atoms with Gasteiger partial charge in [-0.3, -0.25) is 4.90 Å².